The minimum Gasteiger partial charge on any atom is -0.476 e. The third kappa shape index (κ3) is 4.08. The number of ether oxygens (including phenoxy) is 2. The standard InChI is InChI=1S/C25H22N4O5S/c30-21(14-35-24-23-22(26-15-27-24)16-5-1-3-7-18(16)34-23)29-13-20(25(31)28-9-11-32-12-10-28)33-19-8-4-2-6-17(19)29/h1-8,15,20H,9-14H2. The molecule has 0 bridgehead atoms. The number of para-hydroxylation sites is 3. The maximum Gasteiger partial charge on any atom is 0.265 e. The Morgan fingerprint density at radius 3 is 2.71 bits per heavy atom. The van der Waals surface area contributed by atoms with E-state index >= 15 is 0 Å². The number of hydrogen-bond donors (Lipinski definition) is 0. The second kappa shape index (κ2) is 9.20. The minimum atomic E-state index is -0.766. The van der Waals surface area contributed by atoms with Crippen LogP contribution in [0.5, 0.6) is 5.75 Å². The third-order valence-corrected chi connectivity index (χ3v) is 7.09. The lowest BCUT2D eigenvalue weighted by Crippen LogP contribution is -2.54. The number of carbonyl (C=O) groups excluding carboxylic acids is 2. The molecular weight excluding hydrogens is 468 g/mol. The molecule has 4 heterocycles. The molecule has 1 atom stereocenters. The molecule has 0 N–H and O–H groups in total. The van der Waals surface area contributed by atoms with E-state index in [1.54, 1.807) is 15.9 Å². The Hall–Kier alpha value is -3.63. The zero-order chi connectivity index (χ0) is 23.8. The molecule has 4 aromatic rings. The fraction of sp³-hybridized carbons (Fsp3) is 0.280. The normalized spacial score (nSPS) is 17.9. The number of aromatic nitrogens is 2. The number of rotatable bonds is 4. The monoisotopic (exact) mass is 490 g/mol. The van der Waals surface area contributed by atoms with Gasteiger partial charge >= 0.3 is 0 Å². The molecule has 0 spiro atoms. The van der Waals surface area contributed by atoms with Gasteiger partial charge in [-0.15, -0.1) is 0 Å². The molecule has 9 nitrogen and oxygen atoms in total. The number of hydrogen-bond acceptors (Lipinski definition) is 8. The molecule has 2 amide bonds. The van der Waals surface area contributed by atoms with Gasteiger partial charge in [-0.2, -0.15) is 0 Å². The summed E-state index contributed by atoms with van der Waals surface area (Å²) in [6.45, 7) is 2.19. The summed E-state index contributed by atoms with van der Waals surface area (Å²) in [5.74, 6) is 0.363. The summed E-state index contributed by atoms with van der Waals surface area (Å²) in [5.41, 5.74) is 2.66. The first-order valence-corrected chi connectivity index (χ1v) is 12.4. The Morgan fingerprint density at radius 1 is 1.03 bits per heavy atom. The Kier molecular flexibility index (Phi) is 5.75. The Balaban J connectivity index is 1.23. The first-order valence-electron chi connectivity index (χ1n) is 11.4. The molecule has 0 saturated carbocycles. The van der Waals surface area contributed by atoms with E-state index in [2.05, 4.69) is 9.97 Å². The van der Waals surface area contributed by atoms with Crippen molar-refractivity contribution in [3.63, 3.8) is 0 Å². The van der Waals surface area contributed by atoms with Gasteiger partial charge in [0.1, 0.15) is 28.2 Å². The van der Waals surface area contributed by atoms with Gasteiger partial charge in [0, 0.05) is 18.5 Å². The van der Waals surface area contributed by atoms with Gasteiger partial charge in [0.05, 0.1) is 31.2 Å². The van der Waals surface area contributed by atoms with Gasteiger partial charge in [-0.1, -0.05) is 36.0 Å². The molecule has 2 aliphatic rings. The quantitative estimate of drug-likeness (QED) is 0.318. The second-order valence-electron chi connectivity index (χ2n) is 8.26. The van der Waals surface area contributed by atoms with Crippen molar-refractivity contribution < 1.29 is 23.5 Å². The van der Waals surface area contributed by atoms with Gasteiger partial charge in [0.25, 0.3) is 5.91 Å². The summed E-state index contributed by atoms with van der Waals surface area (Å²) in [7, 11) is 0. The highest BCUT2D eigenvalue weighted by Gasteiger charge is 2.36. The van der Waals surface area contributed by atoms with Crippen molar-refractivity contribution in [1.29, 1.82) is 0 Å². The SMILES string of the molecule is O=C(C1CN(C(=O)CSc2ncnc3c2oc2ccccc23)c2ccccc2O1)N1CCOCC1. The average Bonchev–Trinajstić information content (AvgIpc) is 3.30. The van der Waals surface area contributed by atoms with Crippen molar-refractivity contribution in [2.75, 3.05) is 43.5 Å². The third-order valence-electron chi connectivity index (χ3n) is 6.13. The summed E-state index contributed by atoms with van der Waals surface area (Å²) in [6.07, 6.45) is 0.719. The van der Waals surface area contributed by atoms with Crippen molar-refractivity contribution in [3.05, 3.63) is 54.9 Å². The minimum absolute atomic E-state index is 0.121. The topological polar surface area (TPSA) is 98.0 Å². The van der Waals surface area contributed by atoms with Crippen molar-refractivity contribution >= 4 is 51.3 Å². The van der Waals surface area contributed by atoms with Crippen LogP contribution in [0.1, 0.15) is 0 Å². The molecule has 1 fully saturated rings. The molecule has 178 valence electrons. The Morgan fingerprint density at radius 2 is 1.83 bits per heavy atom. The Labute approximate surface area is 205 Å². The fourth-order valence-electron chi connectivity index (χ4n) is 4.40. The predicted molar refractivity (Wildman–Crippen MR) is 131 cm³/mol. The molecule has 10 heteroatoms. The number of morpholine rings is 1. The van der Waals surface area contributed by atoms with E-state index in [4.69, 9.17) is 13.9 Å². The van der Waals surface area contributed by atoms with E-state index in [1.165, 1.54) is 18.1 Å². The van der Waals surface area contributed by atoms with Crippen LogP contribution >= 0.6 is 11.8 Å². The molecule has 0 aliphatic carbocycles. The molecule has 35 heavy (non-hydrogen) atoms. The first kappa shape index (κ1) is 21.9. The highest BCUT2D eigenvalue weighted by Crippen LogP contribution is 2.36. The predicted octanol–water partition coefficient (Wildman–Crippen LogP) is 3.12. The highest BCUT2D eigenvalue weighted by atomic mass is 32.2. The molecule has 0 radical (unpaired) electrons. The zero-order valence-electron chi connectivity index (χ0n) is 18.8. The summed E-state index contributed by atoms with van der Waals surface area (Å²) in [5, 5.41) is 1.51. The smallest absolute Gasteiger partial charge is 0.265 e. The van der Waals surface area contributed by atoms with E-state index in [-0.39, 0.29) is 24.1 Å². The fourth-order valence-corrected chi connectivity index (χ4v) is 5.21. The second-order valence-corrected chi connectivity index (χ2v) is 9.22. The van der Waals surface area contributed by atoms with Crippen LogP contribution in [0.2, 0.25) is 0 Å². The van der Waals surface area contributed by atoms with E-state index in [1.807, 2.05) is 42.5 Å². The maximum absolute atomic E-state index is 13.4. The lowest BCUT2D eigenvalue weighted by molar-refractivity contribution is -0.142. The number of carbonyl (C=O) groups is 2. The van der Waals surface area contributed by atoms with Gasteiger partial charge in [0.15, 0.2) is 11.7 Å². The summed E-state index contributed by atoms with van der Waals surface area (Å²) >= 11 is 1.29. The zero-order valence-corrected chi connectivity index (χ0v) is 19.6. The van der Waals surface area contributed by atoms with Gasteiger partial charge in [-0.3, -0.25) is 9.59 Å². The number of amides is 2. The van der Waals surface area contributed by atoms with E-state index in [0.29, 0.717) is 48.3 Å². The van der Waals surface area contributed by atoms with Crippen LogP contribution in [-0.4, -0.2) is 71.4 Å². The van der Waals surface area contributed by atoms with Crippen LogP contribution in [0.15, 0.2) is 64.3 Å². The number of benzene rings is 2. The maximum atomic E-state index is 13.4. The van der Waals surface area contributed by atoms with E-state index < -0.39 is 6.10 Å². The number of furan rings is 1. The number of anilines is 1. The van der Waals surface area contributed by atoms with E-state index in [0.717, 1.165) is 16.5 Å². The van der Waals surface area contributed by atoms with Crippen molar-refractivity contribution in [2.24, 2.45) is 0 Å². The summed E-state index contributed by atoms with van der Waals surface area (Å²) in [6, 6.07) is 15.0. The number of thioether (sulfide) groups is 1. The van der Waals surface area contributed by atoms with Crippen molar-refractivity contribution in [1.82, 2.24) is 14.9 Å². The highest BCUT2D eigenvalue weighted by molar-refractivity contribution is 8.00. The van der Waals surface area contributed by atoms with Crippen LogP contribution < -0.4 is 9.64 Å². The molecular formula is C25H22N4O5S. The van der Waals surface area contributed by atoms with E-state index in [9.17, 15) is 9.59 Å². The number of nitrogens with zero attached hydrogens (tertiary/aromatic N) is 4. The number of fused-ring (bicyclic) bond motifs is 4. The van der Waals surface area contributed by atoms with Crippen LogP contribution in [0, 0.1) is 0 Å². The Bertz CT molecular complexity index is 1420. The lowest BCUT2D eigenvalue weighted by Gasteiger charge is -2.37. The molecule has 2 aliphatic heterocycles. The lowest BCUT2D eigenvalue weighted by atomic mass is 10.1. The van der Waals surface area contributed by atoms with Crippen molar-refractivity contribution in [2.45, 2.75) is 11.1 Å². The van der Waals surface area contributed by atoms with Crippen LogP contribution in [0.4, 0.5) is 5.69 Å². The summed E-state index contributed by atoms with van der Waals surface area (Å²) < 4.78 is 17.4. The molecule has 1 unspecified atom stereocenters. The largest absolute Gasteiger partial charge is 0.476 e. The summed E-state index contributed by atoms with van der Waals surface area (Å²) in [4.78, 5) is 38.6. The van der Waals surface area contributed by atoms with Crippen LogP contribution in [-0.2, 0) is 14.3 Å². The van der Waals surface area contributed by atoms with Gasteiger partial charge in [-0.05, 0) is 24.3 Å². The molecule has 1 saturated heterocycles. The van der Waals surface area contributed by atoms with Crippen LogP contribution in [0.25, 0.3) is 22.1 Å². The van der Waals surface area contributed by atoms with Crippen LogP contribution in [0.3, 0.4) is 0 Å². The molecule has 2 aromatic heterocycles. The van der Waals surface area contributed by atoms with Crippen molar-refractivity contribution in [3.8, 4) is 5.75 Å². The molecule has 6 rings (SSSR count). The van der Waals surface area contributed by atoms with Gasteiger partial charge < -0.3 is 23.7 Å². The van der Waals surface area contributed by atoms with Gasteiger partial charge in [-0.25, -0.2) is 9.97 Å². The molecule has 2 aromatic carbocycles. The van der Waals surface area contributed by atoms with Gasteiger partial charge in [0.2, 0.25) is 5.91 Å². The average molecular weight is 491 g/mol. The first-order chi connectivity index (χ1) is 17.2.